The summed E-state index contributed by atoms with van der Waals surface area (Å²) in [5.74, 6) is 1.16. The van der Waals surface area contributed by atoms with Crippen molar-refractivity contribution in [2.24, 2.45) is 0 Å². The Morgan fingerprint density at radius 3 is 1.79 bits per heavy atom. The average molecular weight is 453 g/mol. The fraction of sp³-hybridized carbons (Fsp3) is 0.381. The van der Waals surface area contributed by atoms with E-state index >= 15 is 0 Å². The molecule has 5 nitrogen and oxygen atoms in total. The van der Waals surface area contributed by atoms with Crippen molar-refractivity contribution in [2.75, 3.05) is 24.6 Å². The molecule has 1 N–H and O–H groups in total. The third-order valence-corrected chi connectivity index (χ3v) is 7.53. The van der Waals surface area contributed by atoms with E-state index in [1.54, 1.807) is 0 Å². The van der Waals surface area contributed by atoms with E-state index in [9.17, 15) is 13.2 Å². The maximum absolute atomic E-state index is 12.1. The number of nitrogens with zero attached hydrogens (tertiary/aromatic N) is 1. The van der Waals surface area contributed by atoms with Crippen LogP contribution in [0.15, 0.2) is 70.5 Å². The largest absolute Gasteiger partial charge is 0.337 e. The van der Waals surface area contributed by atoms with Crippen LogP contribution in [0.3, 0.4) is 0 Å². The monoisotopic (exact) mass is 452 g/mol. The van der Waals surface area contributed by atoms with Crippen molar-refractivity contribution in [3.05, 3.63) is 60.7 Å². The standard InChI is InChI=1S/C21H28N2O3S3/c24-21(22-15-7-9-17-28(25)19-11-3-1-4-12-19)23(27)16-8-10-18-29(26)20-13-5-2-6-14-20/h1-6,11-14,27H,7-10,15-18H2,(H,22,24). The lowest BCUT2D eigenvalue weighted by Crippen LogP contribution is -2.35. The van der Waals surface area contributed by atoms with Crippen molar-refractivity contribution in [3.63, 3.8) is 0 Å². The number of urea groups is 1. The summed E-state index contributed by atoms with van der Waals surface area (Å²) in [5, 5.41) is 2.82. The number of hydrogen-bond donors (Lipinski definition) is 2. The Balaban J connectivity index is 1.52. The predicted octanol–water partition coefficient (Wildman–Crippen LogP) is 4.02. The molecule has 29 heavy (non-hydrogen) atoms. The number of carbonyl (C=O) groups excluding carboxylic acids is 1. The van der Waals surface area contributed by atoms with Crippen LogP contribution in [0.4, 0.5) is 4.79 Å². The smallest absolute Gasteiger partial charge is 0.327 e. The van der Waals surface area contributed by atoms with E-state index in [2.05, 4.69) is 18.1 Å². The summed E-state index contributed by atoms with van der Waals surface area (Å²) in [6.07, 6.45) is 3.05. The Bertz CT molecular complexity index is 788. The topological polar surface area (TPSA) is 66.5 Å². The van der Waals surface area contributed by atoms with Crippen LogP contribution < -0.4 is 5.32 Å². The lowest BCUT2D eigenvalue weighted by atomic mass is 10.3. The summed E-state index contributed by atoms with van der Waals surface area (Å²) in [6.45, 7) is 1.03. The first-order chi connectivity index (χ1) is 14.1. The van der Waals surface area contributed by atoms with Crippen LogP contribution in [0.1, 0.15) is 25.7 Å². The fourth-order valence-electron chi connectivity index (χ4n) is 2.62. The molecule has 0 spiro atoms. The number of nitrogens with one attached hydrogen (secondary N) is 1. The zero-order valence-electron chi connectivity index (χ0n) is 16.4. The Kier molecular flexibility index (Phi) is 11.1. The first-order valence-electron chi connectivity index (χ1n) is 9.69. The van der Waals surface area contributed by atoms with E-state index in [-0.39, 0.29) is 6.03 Å². The zero-order chi connectivity index (χ0) is 20.9. The first kappa shape index (κ1) is 23.6. The van der Waals surface area contributed by atoms with Gasteiger partial charge in [0.2, 0.25) is 0 Å². The van der Waals surface area contributed by atoms with Gasteiger partial charge in [0, 0.05) is 34.4 Å². The molecule has 0 aliphatic heterocycles. The van der Waals surface area contributed by atoms with Gasteiger partial charge in [-0.3, -0.25) is 12.7 Å². The van der Waals surface area contributed by atoms with E-state index in [1.807, 2.05) is 60.7 Å². The minimum absolute atomic E-state index is 0.235. The van der Waals surface area contributed by atoms with Crippen LogP contribution in [0.5, 0.6) is 0 Å². The Morgan fingerprint density at radius 1 is 0.793 bits per heavy atom. The molecule has 0 bridgehead atoms. The van der Waals surface area contributed by atoms with Gasteiger partial charge in [-0.25, -0.2) is 4.79 Å². The zero-order valence-corrected chi connectivity index (χ0v) is 18.9. The summed E-state index contributed by atoms with van der Waals surface area (Å²) in [7, 11) is -2.00. The van der Waals surface area contributed by atoms with Gasteiger partial charge in [0.05, 0.1) is 21.6 Å². The molecule has 0 aliphatic carbocycles. The van der Waals surface area contributed by atoms with Gasteiger partial charge in [-0.15, -0.1) is 0 Å². The predicted molar refractivity (Wildman–Crippen MR) is 123 cm³/mol. The summed E-state index contributed by atoms with van der Waals surface area (Å²) >= 11 is 4.22. The fourth-order valence-corrected chi connectivity index (χ4v) is 5.16. The van der Waals surface area contributed by atoms with Gasteiger partial charge < -0.3 is 5.32 Å². The minimum Gasteiger partial charge on any atom is -0.337 e. The molecule has 0 saturated carbocycles. The number of unbranched alkanes of at least 4 members (excludes halogenated alkanes) is 2. The van der Waals surface area contributed by atoms with Gasteiger partial charge in [0.15, 0.2) is 0 Å². The van der Waals surface area contributed by atoms with Crippen LogP contribution >= 0.6 is 12.8 Å². The van der Waals surface area contributed by atoms with Gasteiger partial charge in [-0.1, -0.05) is 49.2 Å². The molecule has 2 aromatic rings. The lowest BCUT2D eigenvalue weighted by molar-refractivity contribution is 0.226. The highest BCUT2D eigenvalue weighted by Crippen LogP contribution is 2.09. The molecule has 2 aromatic carbocycles. The number of rotatable bonds is 12. The Labute approximate surface area is 183 Å². The van der Waals surface area contributed by atoms with Crippen LogP contribution in [0.25, 0.3) is 0 Å². The Morgan fingerprint density at radius 2 is 1.28 bits per heavy atom. The van der Waals surface area contributed by atoms with Gasteiger partial charge >= 0.3 is 6.03 Å². The molecule has 0 radical (unpaired) electrons. The normalized spacial score (nSPS) is 12.9. The van der Waals surface area contributed by atoms with Crippen molar-refractivity contribution in [1.29, 1.82) is 0 Å². The number of thiol groups is 1. The molecule has 0 aliphatic rings. The highest BCUT2D eigenvalue weighted by Gasteiger charge is 2.09. The summed E-state index contributed by atoms with van der Waals surface area (Å²) in [6, 6.07) is 18.6. The summed E-state index contributed by atoms with van der Waals surface area (Å²) in [5.41, 5.74) is 0. The maximum atomic E-state index is 12.1. The molecule has 0 saturated heterocycles. The van der Waals surface area contributed by atoms with E-state index < -0.39 is 21.6 Å². The van der Waals surface area contributed by atoms with Crippen molar-refractivity contribution in [3.8, 4) is 0 Å². The molecular weight excluding hydrogens is 424 g/mol. The van der Waals surface area contributed by atoms with Crippen molar-refractivity contribution < 1.29 is 13.2 Å². The van der Waals surface area contributed by atoms with Crippen LogP contribution in [0, 0.1) is 0 Å². The summed E-state index contributed by atoms with van der Waals surface area (Å²) < 4.78 is 25.6. The highest BCUT2D eigenvalue weighted by molar-refractivity contribution is 7.85. The quantitative estimate of drug-likeness (QED) is 0.378. The number of hydrogen-bond acceptors (Lipinski definition) is 4. The Hall–Kier alpha value is -1.64. The average Bonchev–Trinajstić information content (AvgIpc) is 2.77. The second-order valence-electron chi connectivity index (χ2n) is 6.49. The second kappa shape index (κ2) is 13.6. The molecule has 2 rings (SSSR count). The van der Waals surface area contributed by atoms with Crippen LogP contribution in [-0.2, 0) is 21.6 Å². The minimum atomic E-state index is -1.00. The third kappa shape index (κ3) is 9.14. The van der Waals surface area contributed by atoms with Crippen molar-refractivity contribution >= 4 is 40.4 Å². The number of carbonyl (C=O) groups is 1. The van der Waals surface area contributed by atoms with Gasteiger partial charge in [-0.2, -0.15) is 0 Å². The maximum Gasteiger partial charge on any atom is 0.327 e. The van der Waals surface area contributed by atoms with Crippen molar-refractivity contribution in [2.45, 2.75) is 35.5 Å². The van der Waals surface area contributed by atoms with Gasteiger partial charge in [0.25, 0.3) is 0 Å². The van der Waals surface area contributed by atoms with E-state index in [0.29, 0.717) is 24.6 Å². The van der Waals surface area contributed by atoms with E-state index in [0.717, 1.165) is 35.5 Å². The van der Waals surface area contributed by atoms with Crippen LogP contribution in [-0.4, -0.2) is 43.3 Å². The molecule has 0 fully saturated rings. The molecule has 2 atom stereocenters. The van der Waals surface area contributed by atoms with E-state index in [4.69, 9.17) is 0 Å². The number of amides is 2. The van der Waals surface area contributed by atoms with E-state index in [1.165, 1.54) is 4.31 Å². The molecule has 0 aromatic heterocycles. The molecule has 8 heteroatoms. The molecular formula is C21H28N2O3S3. The van der Waals surface area contributed by atoms with Crippen molar-refractivity contribution in [1.82, 2.24) is 9.62 Å². The molecule has 0 heterocycles. The second-order valence-corrected chi connectivity index (χ2v) is 10.1. The van der Waals surface area contributed by atoms with Gasteiger partial charge in [0.1, 0.15) is 0 Å². The molecule has 2 amide bonds. The molecule has 2 unspecified atom stereocenters. The lowest BCUT2D eigenvalue weighted by Gasteiger charge is -2.16. The highest BCUT2D eigenvalue weighted by atomic mass is 32.2. The first-order valence-corrected chi connectivity index (χ1v) is 12.7. The third-order valence-electron chi connectivity index (χ3n) is 4.23. The summed E-state index contributed by atoms with van der Waals surface area (Å²) in [4.78, 5) is 13.7. The molecule has 158 valence electrons. The number of benzene rings is 2. The van der Waals surface area contributed by atoms with Crippen LogP contribution in [0.2, 0.25) is 0 Å². The van der Waals surface area contributed by atoms with Gasteiger partial charge in [-0.05, 0) is 49.9 Å². The SMILES string of the molecule is O=C(NCCCCS(=O)c1ccccc1)N(S)CCCCS(=O)c1ccccc1.